The molecule has 4 aromatic carbocycles. The number of aryl methyl sites for hydroxylation is 1. The third-order valence-electron chi connectivity index (χ3n) is 9.66. The lowest BCUT2D eigenvalue weighted by Crippen LogP contribution is -2.62. The maximum absolute atomic E-state index is 14.8. The summed E-state index contributed by atoms with van der Waals surface area (Å²) in [5, 5.41) is 8.30. The molecule has 4 atom stereocenters. The van der Waals surface area contributed by atoms with E-state index in [1.165, 1.54) is 0 Å². The highest BCUT2D eigenvalue weighted by molar-refractivity contribution is 6.21. The molecule has 2 amide bonds. The van der Waals surface area contributed by atoms with E-state index in [1.54, 1.807) is 0 Å². The molecule has 0 aromatic heterocycles. The quantitative estimate of drug-likeness (QED) is 0.363. The van der Waals surface area contributed by atoms with Crippen molar-refractivity contribution >= 4 is 39.7 Å². The van der Waals surface area contributed by atoms with Crippen LogP contribution in [0.25, 0.3) is 10.8 Å². The second kappa shape index (κ2) is 7.64. The molecule has 0 saturated carbocycles. The Morgan fingerprint density at radius 1 is 0.846 bits per heavy atom. The van der Waals surface area contributed by atoms with E-state index in [0.29, 0.717) is 17.8 Å². The number of para-hydroxylation sites is 2. The number of fused-ring (bicyclic) bond motifs is 8. The third kappa shape index (κ3) is 2.53. The van der Waals surface area contributed by atoms with Crippen molar-refractivity contribution < 1.29 is 14.4 Å². The van der Waals surface area contributed by atoms with E-state index < -0.39 is 16.9 Å². The number of hydrogen-bond acceptors (Lipinski definition) is 4. The van der Waals surface area contributed by atoms with Gasteiger partial charge in [0.2, 0.25) is 5.91 Å². The zero-order valence-electron chi connectivity index (χ0n) is 21.5. The first kappa shape index (κ1) is 22.7. The van der Waals surface area contributed by atoms with Gasteiger partial charge in [-0.1, -0.05) is 72.8 Å². The van der Waals surface area contributed by atoms with Gasteiger partial charge in [0.25, 0.3) is 5.91 Å². The Morgan fingerprint density at radius 3 is 2.49 bits per heavy atom. The summed E-state index contributed by atoms with van der Waals surface area (Å²) < 4.78 is 0. The number of rotatable bonds is 2. The molecule has 2 spiro atoms. The molecule has 2 N–H and O–H groups in total. The Kier molecular flexibility index (Phi) is 4.44. The Bertz CT molecular complexity index is 1760. The van der Waals surface area contributed by atoms with Crippen molar-refractivity contribution in [3.8, 4) is 0 Å². The number of hydrogen-bond donors (Lipinski definition) is 2. The molecule has 4 heterocycles. The van der Waals surface area contributed by atoms with Crippen LogP contribution >= 0.6 is 0 Å². The van der Waals surface area contributed by atoms with Crippen molar-refractivity contribution in [1.82, 2.24) is 4.90 Å². The summed E-state index contributed by atoms with van der Waals surface area (Å²) in [5.41, 5.74) is 1.72. The molecular formula is C33H27N3O3. The van der Waals surface area contributed by atoms with Gasteiger partial charge in [0, 0.05) is 28.5 Å². The molecule has 192 valence electrons. The van der Waals surface area contributed by atoms with E-state index >= 15 is 0 Å². The number of carbonyl (C=O) groups is 3. The summed E-state index contributed by atoms with van der Waals surface area (Å²) in [6.45, 7) is 2.62. The maximum atomic E-state index is 14.8. The Hall–Kier alpha value is -4.29. The number of anilines is 2. The van der Waals surface area contributed by atoms with Crippen LogP contribution in [0.1, 0.15) is 39.9 Å². The molecule has 2 saturated heterocycles. The lowest BCUT2D eigenvalue weighted by atomic mass is 9.57. The summed E-state index contributed by atoms with van der Waals surface area (Å²) in [6, 6.07) is 27.0. The van der Waals surface area contributed by atoms with E-state index in [1.807, 2.05) is 91.9 Å². The van der Waals surface area contributed by atoms with Crippen LogP contribution in [0.5, 0.6) is 0 Å². The Balaban J connectivity index is 1.46. The van der Waals surface area contributed by atoms with Crippen molar-refractivity contribution in [2.24, 2.45) is 5.92 Å². The number of benzene rings is 4. The van der Waals surface area contributed by atoms with Gasteiger partial charge in [0.05, 0.1) is 5.92 Å². The molecule has 0 unspecified atom stereocenters. The van der Waals surface area contributed by atoms with Crippen LogP contribution in [-0.4, -0.2) is 35.1 Å². The number of carbonyl (C=O) groups excluding carboxylic acids is 3. The summed E-state index contributed by atoms with van der Waals surface area (Å²) in [4.78, 5) is 46.1. The fourth-order valence-electron chi connectivity index (χ4n) is 8.27. The van der Waals surface area contributed by atoms with E-state index in [2.05, 4.69) is 15.5 Å². The fraction of sp³-hybridized carbons (Fsp3) is 0.242. The SMILES string of the molecule is Cc1cccc2c1NC(=O)[C@]21N2CCC[C@H]2[C@H](C(=O)c2ccc3ccccc3c2)[C@@]12C(=O)Nc1ccccc12. The van der Waals surface area contributed by atoms with Gasteiger partial charge in [-0.2, -0.15) is 0 Å². The van der Waals surface area contributed by atoms with E-state index in [0.717, 1.165) is 46.0 Å². The van der Waals surface area contributed by atoms with Gasteiger partial charge in [-0.3, -0.25) is 19.3 Å². The van der Waals surface area contributed by atoms with E-state index in [4.69, 9.17) is 0 Å². The maximum Gasteiger partial charge on any atom is 0.251 e. The average Bonchev–Trinajstić information content (AvgIpc) is 3.67. The molecule has 39 heavy (non-hydrogen) atoms. The molecule has 0 radical (unpaired) electrons. The zero-order chi connectivity index (χ0) is 26.5. The van der Waals surface area contributed by atoms with Crippen LogP contribution < -0.4 is 10.6 Å². The first-order valence-corrected chi connectivity index (χ1v) is 13.6. The molecular weight excluding hydrogens is 486 g/mol. The van der Waals surface area contributed by atoms with Crippen LogP contribution in [0, 0.1) is 12.8 Å². The van der Waals surface area contributed by atoms with Crippen molar-refractivity contribution in [3.63, 3.8) is 0 Å². The largest absolute Gasteiger partial charge is 0.325 e. The number of nitrogens with one attached hydrogen (secondary N) is 2. The zero-order valence-corrected chi connectivity index (χ0v) is 21.5. The van der Waals surface area contributed by atoms with Crippen molar-refractivity contribution in [2.45, 2.75) is 36.8 Å². The van der Waals surface area contributed by atoms with Crippen molar-refractivity contribution in [1.29, 1.82) is 0 Å². The van der Waals surface area contributed by atoms with Gasteiger partial charge in [0.15, 0.2) is 5.78 Å². The van der Waals surface area contributed by atoms with Crippen LogP contribution in [0.15, 0.2) is 84.9 Å². The molecule has 0 aliphatic carbocycles. The van der Waals surface area contributed by atoms with Crippen molar-refractivity contribution in [3.05, 3.63) is 107 Å². The summed E-state index contributed by atoms with van der Waals surface area (Å²) in [7, 11) is 0. The van der Waals surface area contributed by atoms with Gasteiger partial charge in [-0.05, 0) is 60.3 Å². The standard InChI is InChI=1S/C33H27N3O3/c1-19-8-6-12-24-28(19)35-31(39)33(24)32(23-11-4-5-13-25(23)34-30(32)38)27(26-14-7-17-36(26)33)29(37)22-16-15-20-9-2-3-10-21(20)18-22/h2-6,8-13,15-16,18,26-27H,7,14,17H2,1H3,(H,34,38)(H,35,39)/t26-,27+,32-,33+/m0/s1. The minimum Gasteiger partial charge on any atom is -0.325 e. The highest BCUT2D eigenvalue weighted by Crippen LogP contribution is 2.68. The predicted molar refractivity (Wildman–Crippen MR) is 150 cm³/mol. The summed E-state index contributed by atoms with van der Waals surface area (Å²) in [6.07, 6.45) is 1.61. The number of Topliss-reactive ketones (excluding diaryl/α,β-unsaturated/α-hetero) is 1. The minimum atomic E-state index is -1.42. The smallest absolute Gasteiger partial charge is 0.251 e. The molecule has 6 heteroatoms. The molecule has 8 rings (SSSR count). The first-order valence-electron chi connectivity index (χ1n) is 13.6. The fourth-order valence-corrected chi connectivity index (χ4v) is 8.27. The van der Waals surface area contributed by atoms with Gasteiger partial charge in [-0.15, -0.1) is 0 Å². The molecule has 6 nitrogen and oxygen atoms in total. The highest BCUT2D eigenvalue weighted by Gasteiger charge is 2.81. The number of nitrogens with zero attached hydrogens (tertiary/aromatic N) is 1. The normalized spacial score (nSPS) is 28.5. The lowest BCUT2D eigenvalue weighted by molar-refractivity contribution is -0.137. The molecule has 4 aliphatic heterocycles. The monoisotopic (exact) mass is 513 g/mol. The van der Waals surface area contributed by atoms with Gasteiger partial charge < -0.3 is 10.6 Å². The number of amides is 2. The second-order valence-electron chi connectivity index (χ2n) is 11.3. The van der Waals surface area contributed by atoms with E-state index in [9.17, 15) is 14.4 Å². The van der Waals surface area contributed by atoms with Crippen LogP contribution in [0.3, 0.4) is 0 Å². The van der Waals surface area contributed by atoms with Gasteiger partial charge in [-0.25, -0.2) is 0 Å². The predicted octanol–water partition coefficient (Wildman–Crippen LogP) is 5.16. The Labute approximate surface area is 226 Å². The molecule has 4 aromatic rings. The molecule has 4 aliphatic rings. The van der Waals surface area contributed by atoms with Crippen molar-refractivity contribution in [2.75, 3.05) is 17.2 Å². The minimum absolute atomic E-state index is 0.0877. The van der Waals surface area contributed by atoms with Gasteiger partial charge in [0.1, 0.15) is 11.0 Å². The van der Waals surface area contributed by atoms with Crippen LogP contribution in [-0.2, 0) is 20.5 Å². The Morgan fingerprint density at radius 2 is 1.62 bits per heavy atom. The van der Waals surface area contributed by atoms with Crippen LogP contribution in [0.2, 0.25) is 0 Å². The molecule has 2 fully saturated rings. The van der Waals surface area contributed by atoms with E-state index in [-0.39, 0.29) is 23.6 Å². The topological polar surface area (TPSA) is 78.5 Å². The summed E-state index contributed by atoms with van der Waals surface area (Å²) in [5.74, 6) is -1.32. The molecule has 0 bridgehead atoms. The average molecular weight is 514 g/mol. The van der Waals surface area contributed by atoms with Crippen LogP contribution in [0.4, 0.5) is 11.4 Å². The lowest BCUT2D eigenvalue weighted by Gasteiger charge is -2.43. The first-order chi connectivity index (χ1) is 19.0. The third-order valence-corrected chi connectivity index (χ3v) is 9.66. The summed E-state index contributed by atoms with van der Waals surface area (Å²) >= 11 is 0. The highest BCUT2D eigenvalue weighted by atomic mass is 16.2. The number of ketones is 1. The second-order valence-corrected chi connectivity index (χ2v) is 11.3. The van der Waals surface area contributed by atoms with Gasteiger partial charge >= 0.3 is 0 Å².